The maximum absolute atomic E-state index is 13.3. The summed E-state index contributed by atoms with van der Waals surface area (Å²) in [6, 6.07) is 2.80. The molecule has 0 spiro atoms. The fourth-order valence-electron chi connectivity index (χ4n) is 2.45. The molecule has 1 aliphatic rings. The van der Waals surface area contributed by atoms with Gasteiger partial charge in [-0.05, 0) is 44.1 Å². The van der Waals surface area contributed by atoms with Crippen LogP contribution in [-0.2, 0) is 4.79 Å². The molecule has 0 atom stereocenters. The summed E-state index contributed by atoms with van der Waals surface area (Å²) >= 11 is 0. The molecule has 114 valence electrons. The van der Waals surface area contributed by atoms with Gasteiger partial charge in [-0.3, -0.25) is 9.59 Å². The van der Waals surface area contributed by atoms with Gasteiger partial charge in [-0.25, -0.2) is 8.78 Å². The first-order chi connectivity index (χ1) is 9.99. The van der Waals surface area contributed by atoms with Crippen LogP contribution in [0.5, 0.6) is 0 Å². The third-order valence-corrected chi connectivity index (χ3v) is 3.50. The second-order valence-electron chi connectivity index (χ2n) is 5.01. The van der Waals surface area contributed by atoms with Crippen LogP contribution in [-0.4, -0.2) is 42.4 Å². The average molecular weight is 297 g/mol. The van der Waals surface area contributed by atoms with Crippen molar-refractivity contribution in [3.8, 4) is 0 Å². The van der Waals surface area contributed by atoms with Gasteiger partial charge in [0.05, 0.1) is 6.54 Å². The molecule has 7 heteroatoms. The van der Waals surface area contributed by atoms with Gasteiger partial charge < -0.3 is 16.0 Å². The number of benzene rings is 1. The van der Waals surface area contributed by atoms with Gasteiger partial charge in [0.25, 0.3) is 5.91 Å². The van der Waals surface area contributed by atoms with Crippen molar-refractivity contribution in [1.82, 2.24) is 10.2 Å². The van der Waals surface area contributed by atoms with Gasteiger partial charge in [0.2, 0.25) is 5.91 Å². The molecule has 5 nitrogen and oxygen atoms in total. The molecule has 1 aliphatic heterocycles. The number of halogens is 2. The van der Waals surface area contributed by atoms with E-state index in [0.29, 0.717) is 12.8 Å². The van der Waals surface area contributed by atoms with Crippen molar-refractivity contribution < 1.29 is 18.4 Å². The van der Waals surface area contributed by atoms with Gasteiger partial charge in [-0.1, -0.05) is 0 Å². The van der Waals surface area contributed by atoms with Crippen LogP contribution in [0, 0.1) is 11.6 Å². The van der Waals surface area contributed by atoms with E-state index < -0.39 is 23.4 Å². The minimum Gasteiger partial charge on any atom is -0.368 e. The summed E-state index contributed by atoms with van der Waals surface area (Å²) in [7, 11) is 0. The summed E-state index contributed by atoms with van der Waals surface area (Å²) < 4.78 is 26.2. The quantitative estimate of drug-likeness (QED) is 0.856. The molecular weight excluding hydrogens is 280 g/mol. The summed E-state index contributed by atoms with van der Waals surface area (Å²) in [5.74, 6) is -3.26. The molecule has 1 aromatic carbocycles. The average Bonchev–Trinajstić information content (AvgIpc) is 2.47. The number of amides is 2. The predicted octanol–water partition coefficient (Wildman–Crippen LogP) is 0.644. The minimum absolute atomic E-state index is 0.00804. The number of carbonyl (C=O) groups is 2. The molecule has 0 aliphatic carbocycles. The summed E-state index contributed by atoms with van der Waals surface area (Å²) in [6.45, 7) is 1.22. The highest BCUT2D eigenvalue weighted by Crippen LogP contribution is 2.17. The van der Waals surface area contributed by atoms with Crippen LogP contribution < -0.4 is 11.1 Å². The number of carbonyl (C=O) groups excluding carboxylic acids is 2. The Morgan fingerprint density at radius 3 is 2.48 bits per heavy atom. The van der Waals surface area contributed by atoms with E-state index >= 15 is 0 Å². The third-order valence-electron chi connectivity index (χ3n) is 3.50. The number of hydrogen-bond donors (Lipinski definition) is 2. The van der Waals surface area contributed by atoms with Crippen LogP contribution in [0.3, 0.4) is 0 Å². The molecule has 21 heavy (non-hydrogen) atoms. The Hall–Kier alpha value is -2.02. The van der Waals surface area contributed by atoms with Crippen molar-refractivity contribution in [1.29, 1.82) is 0 Å². The first-order valence-electron chi connectivity index (χ1n) is 6.74. The Morgan fingerprint density at radius 2 is 1.90 bits per heavy atom. The maximum Gasteiger partial charge on any atom is 0.254 e. The molecule has 2 amide bonds. The van der Waals surface area contributed by atoms with E-state index in [1.165, 1.54) is 11.0 Å². The number of nitrogens with zero attached hydrogens (tertiary/aromatic N) is 1. The second kappa shape index (κ2) is 6.62. The van der Waals surface area contributed by atoms with E-state index in [1.54, 1.807) is 0 Å². The molecule has 1 fully saturated rings. The number of nitrogens with two attached hydrogens (primary N) is 1. The number of hydrogen-bond acceptors (Lipinski definition) is 3. The van der Waals surface area contributed by atoms with Crippen molar-refractivity contribution in [3.63, 3.8) is 0 Å². The molecular formula is C14H17F2N3O2. The van der Waals surface area contributed by atoms with Gasteiger partial charge in [0, 0.05) is 11.6 Å². The fraction of sp³-hybridized carbons (Fsp3) is 0.429. The van der Waals surface area contributed by atoms with E-state index in [4.69, 9.17) is 5.73 Å². The van der Waals surface area contributed by atoms with E-state index in [9.17, 15) is 18.4 Å². The van der Waals surface area contributed by atoms with E-state index in [2.05, 4.69) is 5.32 Å². The van der Waals surface area contributed by atoms with Crippen LogP contribution in [0.15, 0.2) is 18.2 Å². The van der Waals surface area contributed by atoms with Gasteiger partial charge in [0.15, 0.2) is 11.6 Å². The molecule has 2 rings (SSSR count). The van der Waals surface area contributed by atoms with Crippen molar-refractivity contribution in [3.05, 3.63) is 35.4 Å². The SMILES string of the molecule is NC(=O)CN(C(=O)c1ccc(F)c(F)c1)C1CCNCC1. The number of piperidine rings is 1. The third kappa shape index (κ3) is 3.75. The largest absolute Gasteiger partial charge is 0.368 e. The van der Waals surface area contributed by atoms with Crippen LogP contribution in [0.25, 0.3) is 0 Å². The lowest BCUT2D eigenvalue weighted by Gasteiger charge is -2.34. The first-order valence-corrected chi connectivity index (χ1v) is 6.74. The first kappa shape index (κ1) is 15.4. The van der Waals surface area contributed by atoms with Crippen LogP contribution >= 0.6 is 0 Å². The Balaban J connectivity index is 2.23. The van der Waals surface area contributed by atoms with E-state index in [1.807, 2.05) is 0 Å². The molecule has 0 unspecified atom stereocenters. The summed E-state index contributed by atoms with van der Waals surface area (Å²) in [5, 5.41) is 3.15. The Labute approximate surface area is 121 Å². The zero-order valence-electron chi connectivity index (χ0n) is 11.4. The fourth-order valence-corrected chi connectivity index (χ4v) is 2.45. The van der Waals surface area contributed by atoms with E-state index in [-0.39, 0.29) is 18.2 Å². The highest BCUT2D eigenvalue weighted by atomic mass is 19.2. The summed E-state index contributed by atoms with van der Waals surface area (Å²) in [6.07, 6.45) is 1.37. The highest BCUT2D eigenvalue weighted by molar-refractivity contribution is 5.96. The van der Waals surface area contributed by atoms with Crippen LogP contribution in [0.2, 0.25) is 0 Å². The van der Waals surface area contributed by atoms with Crippen molar-refractivity contribution in [2.45, 2.75) is 18.9 Å². The number of rotatable bonds is 4. The van der Waals surface area contributed by atoms with Crippen molar-refractivity contribution >= 4 is 11.8 Å². The highest BCUT2D eigenvalue weighted by Gasteiger charge is 2.27. The topological polar surface area (TPSA) is 75.4 Å². The zero-order valence-corrected chi connectivity index (χ0v) is 11.4. The van der Waals surface area contributed by atoms with Gasteiger partial charge in [-0.2, -0.15) is 0 Å². The monoisotopic (exact) mass is 297 g/mol. The molecule has 0 saturated carbocycles. The van der Waals surface area contributed by atoms with Crippen LogP contribution in [0.4, 0.5) is 8.78 Å². The number of primary amides is 1. The standard InChI is InChI=1S/C14H17F2N3O2/c15-11-2-1-9(7-12(11)16)14(21)19(8-13(17)20)10-3-5-18-6-4-10/h1-2,7,10,18H,3-6,8H2,(H2,17,20). The molecule has 1 aromatic rings. The molecule has 3 N–H and O–H groups in total. The lowest BCUT2D eigenvalue weighted by Crippen LogP contribution is -2.49. The second-order valence-corrected chi connectivity index (χ2v) is 5.01. The van der Waals surface area contributed by atoms with Gasteiger partial charge in [-0.15, -0.1) is 0 Å². The number of nitrogens with one attached hydrogen (secondary N) is 1. The van der Waals surface area contributed by atoms with Crippen molar-refractivity contribution in [2.75, 3.05) is 19.6 Å². The Bertz CT molecular complexity index is 545. The molecule has 1 saturated heterocycles. The lowest BCUT2D eigenvalue weighted by molar-refractivity contribution is -0.119. The molecule has 0 radical (unpaired) electrons. The predicted molar refractivity (Wildman–Crippen MR) is 72.5 cm³/mol. The minimum atomic E-state index is -1.09. The summed E-state index contributed by atoms with van der Waals surface area (Å²) in [5.41, 5.74) is 5.20. The maximum atomic E-state index is 13.3. The van der Waals surface area contributed by atoms with Gasteiger partial charge in [0.1, 0.15) is 0 Å². The smallest absolute Gasteiger partial charge is 0.254 e. The van der Waals surface area contributed by atoms with Gasteiger partial charge >= 0.3 is 0 Å². The van der Waals surface area contributed by atoms with Crippen molar-refractivity contribution in [2.24, 2.45) is 5.73 Å². The van der Waals surface area contributed by atoms with Crippen LogP contribution in [0.1, 0.15) is 23.2 Å². The molecule has 0 aromatic heterocycles. The zero-order chi connectivity index (χ0) is 15.4. The van der Waals surface area contributed by atoms with E-state index in [0.717, 1.165) is 25.2 Å². The molecule has 0 bridgehead atoms. The lowest BCUT2D eigenvalue weighted by atomic mass is 10.0. The summed E-state index contributed by atoms with van der Waals surface area (Å²) in [4.78, 5) is 25.0. The normalized spacial score (nSPS) is 15.7. The Morgan fingerprint density at radius 1 is 1.24 bits per heavy atom. The Kier molecular flexibility index (Phi) is 4.85. The molecule has 1 heterocycles.